The fraction of sp³-hybridized carbons (Fsp3) is 0.200. The lowest BCUT2D eigenvalue weighted by atomic mass is 10.0. The molecule has 1 aromatic heterocycles. The van der Waals surface area contributed by atoms with Crippen LogP contribution in [0.1, 0.15) is 5.56 Å². The minimum atomic E-state index is -1.46. The van der Waals surface area contributed by atoms with Crippen molar-refractivity contribution in [3.8, 4) is 16.9 Å². The Balaban J connectivity index is 1.84. The van der Waals surface area contributed by atoms with E-state index in [0.717, 1.165) is 11.1 Å². The number of hydrogen-bond donors (Lipinski definition) is 1. The molecule has 0 aliphatic rings. The van der Waals surface area contributed by atoms with E-state index < -0.39 is 23.6 Å². The molecule has 7 nitrogen and oxygen atoms in total. The molecule has 0 saturated carbocycles. The van der Waals surface area contributed by atoms with E-state index in [1.165, 1.54) is 24.3 Å². The molecule has 29 heavy (non-hydrogen) atoms. The van der Waals surface area contributed by atoms with Gasteiger partial charge in [0.2, 0.25) is 0 Å². The van der Waals surface area contributed by atoms with Gasteiger partial charge in [0, 0.05) is 38.0 Å². The summed E-state index contributed by atoms with van der Waals surface area (Å²) in [7, 11) is 2.03. The van der Waals surface area contributed by atoms with Crippen LogP contribution >= 0.6 is 0 Å². The van der Waals surface area contributed by atoms with Gasteiger partial charge in [0.05, 0.1) is 11.1 Å². The number of halogens is 1. The number of aromatic nitrogens is 2. The molecule has 1 atom stereocenters. The van der Waals surface area contributed by atoms with Crippen molar-refractivity contribution in [1.82, 2.24) is 14.1 Å². The molecule has 0 aliphatic heterocycles. The first-order valence-corrected chi connectivity index (χ1v) is 9.79. The van der Waals surface area contributed by atoms with Crippen molar-refractivity contribution in [3.05, 3.63) is 66.2 Å². The van der Waals surface area contributed by atoms with Crippen LogP contribution in [0.4, 0.5) is 4.39 Å². The van der Waals surface area contributed by atoms with Crippen molar-refractivity contribution in [3.63, 3.8) is 0 Å². The number of benzene rings is 2. The Labute approximate surface area is 169 Å². The number of hydrogen-bond acceptors (Lipinski definition) is 4. The van der Waals surface area contributed by atoms with Crippen LogP contribution < -0.4 is 4.74 Å². The molecule has 0 fully saturated rings. The lowest BCUT2D eigenvalue weighted by molar-refractivity contribution is -0.139. The number of nitrogens with zero attached hydrogens (tertiary/aromatic N) is 3. The quantitative estimate of drug-likeness (QED) is 0.609. The third-order valence-electron chi connectivity index (χ3n) is 4.11. The molecular weight excluding hydrogens is 397 g/mol. The van der Waals surface area contributed by atoms with E-state index in [1.54, 1.807) is 47.6 Å². The Morgan fingerprint density at radius 3 is 2.62 bits per heavy atom. The summed E-state index contributed by atoms with van der Waals surface area (Å²) in [6.45, 7) is -0.0996. The van der Waals surface area contributed by atoms with Crippen molar-refractivity contribution in [2.24, 2.45) is 7.05 Å². The van der Waals surface area contributed by atoms with Crippen molar-refractivity contribution >= 4 is 17.0 Å². The monoisotopic (exact) mass is 417 g/mol. The fourth-order valence-electron chi connectivity index (χ4n) is 2.77. The molecule has 1 unspecified atom stereocenters. The third-order valence-corrected chi connectivity index (χ3v) is 5.49. The summed E-state index contributed by atoms with van der Waals surface area (Å²) in [6.07, 6.45) is 3.46. The molecule has 0 radical (unpaired) electrons. The van der Waals surface area contributed by atoms with E-state index in [-0.39, 0.29) is 5.82 Å². The van der Waals surface area contributed by atoms with Crippen LogP contribution in [0.5, 0.6) is 5.75 Å². The number of carboxylic acids is 1. The molecule has 3 rings (SSSR count). The SMILES string of the molecule is CN(Cc1ccc(OCC(=O)O)c(-c2cnn(C)c2)c1)S(=O)c1ccc(F)cc1. The Kier molecular flexibility index (Phi) is 6.40. The van der Waals surface area contributed by atoms with Crippen LogP contribution in [-0.4, -0.2) is 43.0 Å². The van der Waals surface area contributed by atoms with Gasteiger partial charge in [-0.15, -0.1) is 0 Å². The summed E-state index contributed by atoms with van der Waals surface area (Å²) in [5.74, 6) is -1.03. The predicted molar refractivity (Wildman–Crippen MR) is 106 cm³/mol. The van der Waals surface area contributed by atoms with Gasteiger partial charge in [-0.2, -0.15) is 5.10 Å². The number of carboxylic acid groups (broad SMARTS) is 1. The molecule has 2 aromatic carbocycles. The van der Waals surface area contributed by atoms with Gasteiger partial charge in [0.15, 0.2) is 6.61 Å². The predicted octanol–water partition coefficient (Wildman–Crippen LogP) is 2.84. The maximum Gasteiger partial charge on any atom is 0.341 e. The molecule has 1 heterocycles. The van der Waals surface area contributed by atoms with Gasteiger partial charge in [0.25, 0.3) is 0 Å². The molecule has 9 heteroatoms. The van der Waals surface area contributed by atoms with Crippen molar-refractivity contribution in [2.75, 3.05) is 13.7 Å². The van der Waals surface area contributed by atoms with E-state index in [0.29, 0.717) is 22.8 Å². The average Bonchev–Trinajstić information content (AvgIpc) is 3.13. The highest BCUT2D eigenvalue weighted by Gasteiger charge is 2.15. The number of aryl methyl sites for hydroxylation is 1. The van der Waals surface area contributed by atoms with Gasteiger partial charge in [-0.25, -0.2) is 17.7 Å². The molecule has 0 saturated heterocycles. The second-order valence-electron chi connectivity index (χ2n) is 6.40. The van der Waals surface area contributed by atoms with E-state index in [4.69, 9.17) is 9.84 Å². The highest BCUT2D eigenvalue weighted by atomic mass is 32.2. The van der Waals surface area contributed by atoms with Crippen molar-refractivity contribution in [1.29, 1.82) is 0 Å². The first-order valence-electron chi connectivity index (χ1n) is 8.68. The topological polar surface area (TPSA) is 84.7 Å². The van der Waals surface area contributed by atoms with E-state index >= 15 is 0 Å². The number of carbonyl (C=O) groups is 1. The van der Waals surface area contributed by atoms with Crippen LogP contribution in [0.25, 0.3) is 11.1 Å². The number of aliphatic carboxylic acids is 1. The average molecular weight is 417 g/mol. The molecule has 3 aromatic rings. The second kappa shape index (κ2) is 8.97. The van der Waals surface area contributed by atoms with Crippen LogP contribution in [0.2, 0.25) is 0 Å². The normalized spacial score (nSPS) is 12.1. The first-order chi connectivity index (χ1) is 13.8. The summed E-state index contributed by atoms with van der Waals surface area (Å²) in [4.78, 5) is 11.4. The lowest BCUT2D eigenvalue weighted by Gasteiger charge is -2.17. The zero-order valence-corrected chi connectivity index (χ0v) is 16.7. The summed E-state index contributed by atoms with van der Waals surface area (Å²) in [5, 5.41) is 13.0. The standard InChI is InChI=1S/C20H20FN3O4S/c1-23-12-15(10-22-23)18-9-14(3-8-19(18)28-13-20(25)26)11-24(2)29(27)17-6-4-16(21)5-7-17/h3-10,12H,11,13H2,1-2H3,(H,25,26). The van der Waals surface area contributed by atoms with Gasteiger partial charge in [0.1, 0.15) is 22.6 Å². The summed E-state index contributed by atoms with van der Waals surface area (Å²) < 4.78 is 34.4. The fourth-order valence-corrected chi connectivity index (χ4v) is 3.77. The Bertz CT molecular complexity index is 1040. The summed E-state index contributed by atoms with van der Waals surface area (Å²) in [5.41, 5.74) is 2.32. The van der Waals surface area contributed by atoms with Crippen molar-refractivity contribution < 1.29 is 23.2 Å². The minimum Gasteiger partial charge on any atom is -0.481 e. The van der Waals surface area contributed by atoms with Crippen LogP contribution in [-0.2, 0) is 29.4 Å². The largest absolute Gasteiger partial charge is 0.481 e. The highest BCUT2D eigenvalue weighted by molar-refractivity contribution is 7.82. The third kappa shape index (κ3) is 5.27. The maximum absolute atomic E-state index is 13.1. The van der Waals surface area contributed by atoms with Gasteiger partial charge in [-0.05, 0) is 42.0 Å². The summed E-state index contributed by atoms with van der Waals surface area (Å²) in [6, 6.07) is 10.9. The van der Waals surface area contributed by atoms with Gasteiger partial charge in [-0.1, -0.05) is 6.07 Å². The molecule has 0 spiro atoms. The molecule has 0 amide bonds. The second-order valence-corrected chi connectivity index (χ2v) is 8.00. The molecule has 0 bridgehead atoms. The number of ether oxygens (including phenoxy) is 1. The van der Waals surface area contributed by atoms with Crippen LogP contribution in [0, 0.1) is 5.82 Å². The van der Waals surface area contributed by atoms with Gasteiger partial charge in [-0.3, -0.25) is 4.68 Å². The van der Waals surface area contributed by atoms with E-state index in [9.17, 15) is 13.4 Å². The number of rotatable bonds is 8. The Hall–Kier alpha value is -3.04. The zero-order valence-electron chi connectivity index (χ0n) is 15.9. The molecule has 152 valence electrons. The van der Waals surface area contributed by atoms with E-state index in [1.807, 2.05) is 6.07 Å². The summed E-state index contributed by atoms with van der Waals surface area (Å²) >= 11 is 0. The smallest absolute Gasteiger partial charge is 0.341 e. The van der Waals surface area contributed by atoms with E-state index in [2.05, 4.69) is 5.10 Å². The van der Waals surface area contributed by atoms with Crippen LogP contribution in [0.3, 0.4) is 0 Å². The molecule has 0 aliphatic carbocycles. The Morgan fingerprint density at radius 1 is 1.28 bits per heavy atom. The lowest BCUT2D eigenvalue weighted by Crippen LogP contribution is -2.21. The molecule has 1 N–H and O–H groups in total. The minimum absolute atomic E-state index is 0.358. The maximum atomic E-state index is 13.1. The Morgan fingerprint density at radius 2 is 2.00 bits per heavy atom. The molecular formula is C20H20FN3O4S. The first kappa shape index (κ1) is 20.7. The van der Waals surface area contributed by atoms with Gasteiger partial charge >= 0.3 is 5.97 Å². The zero-order chi connectivity index (χ0) is 21.0. The van der Waals surface area contributed by atoms with Crippen LogP contribution in [0.15, 0.2) is 59.8 Å². The highest BCUT2D eigenvalue weighted by Crippen LogP contribution is 2.31. The van der Waals surface area contributed by atoms with Crippen molar-refractivity contribution in [2.45, 2.75) is 11.4 Å². The van der Waals surface area contributed by atoms with Gasteiger partial charge < -0.3 is 9.84 Å².